The van der Waals surface area contributed by atoms with Gasteiger partial charge in [-0.2, -0.15) is 5.26 Å². The Labute approximate surface area is 159 Å². The van der Waals surface area contributed by atoms with Crippen molar-refractivity contribution in [3.05, 3.63) is 51.5 Å². The summed E-state index contributed by atoms with van der Waals surface area (Å²) in [6, 6.07) is 9.62. The number of ether oxygens (including phenoxy) is 1. The molecule has 2 aromatic heterocycles. The minimum atomic E-state index is -0.547. The third kappa shape index (κ3) is 3.09. The van der Waals surface area contributed by atoms with Crippen LogP contribution < -0.4 is 5.32 Å². The van der Waals surface area contributed by atoms with Crippen LogP contribution in [0.25, 0.3) is 10.9 Å². The van der Waals surface area contributed by atoms with Crippen molar-refractivity contribution in [1.29, 1.82) is 5.26 Å². The van der Waals surface area contributed by atoms with Gasteiger partial charge in [-0.25, -0.2) is 4.79 Å². The van der Waals surface area contributed by atoms with Crippen LogP contribution >= 0.6 is 11.3 Å². The number of hydrogen-bond acceptors (Lipinski definition) is 5. The van der Waals surface area contributed by atoms with Gasteiger partial charge in [0.05, 0.1) is 11.1 Å². The van der Waals surface area contributed by atoms with E-state index in [-0.39, 0.29) is 0 Å². The Balaban J connectivity index is 1.45. The summed E-state index contributed by atoms with van der Waals surface area (Å²) in [7, 11) is 0. The fourth-order valence-corrected chi connectivity index (χ4v) is 4.77. The third-order valence-electron chi connectivity index (χ3n) is 4.72. The molecule has 1 amide bonds. The first-order valence-electron chi connectivity index (χ1n) is 8.67. The van der Waals surface area contributed by atoms with Crippen LogP contribution in [0.15, 0.2) is 24.3 Å². The van der Waals surface area contributed by atoms with E-state index in [9.17, 15) is 14.9 Å². The van der Waals surface area contributed by atoms with Crippen molar-refractivity contribution >= 4 is 39.1 Å². The van der Waals surface area contributed by atoms with Gasteiger partial charge in [0, 0.05) is 21.5 Å². The van der Waals surface area contributed by atoms with Crippen LogP contribution in [-0.4, -0.2) is 23.5 Å². The molecule has 0 saturated heterocycles. The highest BCUT2D eigenvalue weighted by Crippen LogP contribution is 2.38. The molecule has 136 valence electrons. The Morgan fingerprint density at radius 1 is 1.33 bits per heavy atom. The molecule has 1 aliphatic carbocycles. The smallest absolute Gasteiger partial charge is 0.341 e. The highest BCUT2D eigenvalue weighted by Gasteiger charge is 2.24. The number of benzene rings is 1. The lowest BCUT2D eigenvalue weighted by Crippen LogP contribution is -2.21. The number of aryl methyl sites for hydroxylation is 2. The molecule has 0 spiro atoms. The minimum Gasteiger partial charge on any atom is -0.452 e. The SMILES string of the molecule is Cc1[nH]c2ccccc2c1C(=O)OCC(=O)Nc1sc2c(c1C#N)CCC2. The van der Waals surface area contributed by atoms with Gasteiger partial charge >= 0.3 is 5.97 Å². The number of anilines is 1. The standard InChI is InChI=1S/C20H17N3O3S/c1-11-18(13-5-2-3-7-15(13)22-11)20(25)26-10-17(24)23-19-14(9-21)12-6-4-8-16(12)27-19/h2-3,5,7,22H,4,6,8,10H2,1H3,(H,23,24). The highest BCUT2D eigenvalue weighted by atomic mass is 32.1. The molecule has 4 rings (SSSR count). The Morgan fingerprint density at radius 3 is 2.96 bits per heavy atom. The molecule has 0 atom stereocenters. The molecule has 0 bridgehead atoms. The predicted octanol–water partition coefficient (Wildman–Crippen LogP) is 3.69. The van der Waals surface area contributed by atoms with Crippen molar-refractivity contribution < 1.29 is 14.3 Å². The van der Waals surface area contributed by atoms with E-state index in [1.54, 1.807) is 6.92 Å². The summed E-state index contributed by atoms with van der Waals surface area (Å²) in [6.07, 6.45) is 2.87. The molecule has 2 N–H and O–H groups in total. The maximum absolute atomic E-state index is 12.5. The second-order valence-corrected chi connectivity index (χ2v) is 7.57. The van der Waals surface area contributed by atoms with Gasteiger partial charge < -0.3 is 15.0 Å². The molecule has 3 aromatic rings. The molecule has 1 aliphatic rings. The van der Waals surface area contributed by atoms with E-state index in [2.05, 4.69) is 16.4 Å². The molecule has 7 heteroatoms. The molecule has 27 heavy (non-hydrogen) atoms. The lowest BCUT2D eigenvalue weighted by molar-refractivity contribution is -0.119. The summed E-state index contributed by atoms with van der Waals surface area (Å²) in [4.78, 5) is 29.0. The quantitative estimate of drug-likeness (QED) is 0.676. The Bertz CT molecular complexity index is 1100. The first-order valence-corrected chi connectivity index (χ1v) is 9.49. The summed E-state index contributed by atoms with van der Waals surface area (Å²) in [5.74, 6) is -0.994. The van der Waals surface area contributed by atoms with Gasteiger partial charge in [0.15, 0.2) is 6.61 Å². The normalized spacial score (nSPS) is 12.6. The van der Waals surface area contributed by atoms with Gasteiger partial charge in [0.2, 0.25) is 0 Å². The summed E-state index contributed by atoms with van der Waals surface area (Å²) < 4.78 is 5.21. The summed E-state index contributed by atoms with van der Waals surface area (Å²) in [5.41, 5.74) is 3.57. The number of esters is 1. The zero-order chi connectivity index (χ0) is 19.0. The Morgan fingerprint density at radius 2 is 2.15 bits per heavy atom. The molecule has 0 aliphatic heterocycles. The largest absolute Gasteiger partial charge is 0.452 e. The number of aromatic nitrogens is 1. The first-order chi connectivity index (χ1) is 13.1. The fourth-order valence-electron chi connectivity index (χ4n) is 3.52. The van der Waals surface area contributed by atoms with Crippen molar-refractivity contribution in [2.75, 3.05) is 11.9 Å². The molecular formula is C20H17N3O3S. The van der Waals surface area contributed by atoms with E-state index in [0.717, 1.165) is 40.6 Å². The molecular weight excluding hydrogens is 362 g/mol. The number of carbonyl (C=O) groups is 2. The average Bonchev–Trinajstić information content (AvgIpc) is 3.31. The first kappa shape index (κ1) is 17.3. The molecule has 1 aromatic carbocycles. The second-order valence-electron chi connectivity index (χ2n) is 6.47. The van der Waals surface area contributed by atoms with Gasteiger partial charge in [-0.3, -0.25) is 4.79 Å². The highest BCUT2D eigenvalue weighted by molar-refractivity contribution is 7.16. The number of para-hydroxylation sites is 1. The third-order valence-corrected chi connectivity index (χ3v) is 5.93. The van der Waals surface area contributed by atoms with Crippen LogP contribution in [0.3, 0.4) is 0 Å². The second kappa shape index (κ2) is 6.89. The van der Waals surface area contributed by atoms with Gasteiger partial charge in [0.1, 0.15) is 11.1 Å². The number of H-pyrrole nitrogens is 1. The Hall–Kier alpha value is -3.11. The average molecular weight is 379 g/mol. The zero-order valence-corrected chi connectivity index (χ0v) is 15.5. The number of nitriles is 1. The predicted molar refractivity (Wildman–Crippen MR) is 103 cm³/mol. The van der Waals surface area contributed by atoms with Crippen LogP contribution in [0.1, 0.15) is 38.5 Å². The lowest BCUT2D eigenvalue weighted by atomic mass is 10.1. The number of hydrogen-bond donors (Lipinski definition) is 2. The molecule has 0 radical (unpaired) electrons. The number of nitrogens with one attached hydrogen (secondary N) is 2. The summed E-state index contributed by atoms with van der Waals surface area (Å²) >= 11 is 1.44. The maximum Gasteiger partial charge on any atom is 0.341 e. The number of carbonyl (C=O) groups excluding carboxylic acids is 2. The van der Waals surface area contributed by atoms with Crippen LogP contribution in [-0.2, 0) is 22.4 Å². The van der Waals surface area contributed by atoms with Crippen LogP contribution in [0.5, 0.6) is 0 Å². The zero-order valence-electron chi connectivity index (χ0n) is 14.7. The molecule has 0 unspecified atom stereocenters. The monoisotopic (exact) mass is 379 g/mol. The van der Waals surface area contributed by atoms with E-state index >= 15 is 0 Å². The maximum atomic E-state index is 12.5. The minimum absolute atomic E-state index is 0.398. The van der Waals surface area contributed by atoms with Gasteiger partial charge in [-0.05, 0) is 37.8 Å². The van der Waals surface area contributed by atoms with E-state index in [1.807, 2.05) is 24.3 Å². The number of rotatable bonds is 4. The summed E-state index contributed by atoms with van der Waals surface area (Å²) in [6.45, 7) is 1.40. The summed E-state index contributed by atoms with van der Waals surface area (Å²) in [5, 5.41) is 13.4. The number of thiophene rings is 1. The van der Waals surface area contributed by atoms with Crippen molar-refractivity contribution in [3.8, 4) is 6.07 Å². The van der Waals surface area contributed by atoms with Crippen LogP contribution in [0.4, 0.5) is 5.00 Å². The van der Waals surface area contributed by atoms with Crippen LogP contribution in [0.2, 0.25) is 0 Å². The number of aromatic amines is 1. The topological polar surface area (TPSA) is 95.0 Å². The van der Waals surface area contributed by atoms with Gasteiger partial charge in [0.25, 0.3) is 5.91 Å². The fraction of sp³-hybridized carbons (Fsp3) is 0.250. The van der Waals surface area contributed by atoms with Gasteiger partial charge in [-0.15, -0.1) is 11.3 Å². The van der Waals surface area contributed by atoms with Crippen molar-refractivity contribution in [2.24, 2.45) is 0 Å². The number of nitrogens with zero attached hydrogens (tertiary/aromatic N) is 1. The van der Waals surface area contributed by atoms with E-state index in [4.69, 9.17) is 4.74 Å². The molecule has 6 nitrogen and oxygen atoms in total. The van der Waals surface area contributed by atoms with Crippen molar-refractivity contribution in [2.45, 2.75) is 26.2 Å². The van der Waals surface area contributed by atoms with E-state index < -0.39 is 18.5 Å². The van der Waals surface area contributed by atoms with Crippen molar-refractivity contribution in [1.82, 2.24) is 4.98 Å². The lowest BCUT2D eigenvalue weighted by Gasteiger charge is -2.06. The van der Waals surface area contributed by atoms with Crippen LogP contribution in [0, 0.1) is 18.3 Å². The Kier molecular flexibility index (Phi) is 4.42. The molecule has 2 heterocycles. The van der Waals surface area contributed by atoms with Crippen molar-refractivity contribution in [3.63, 3.8) is 0 Å². The molecule has 0 saturated carbocycles. The van der Waals surface area contributed by atoms with E-state index in [1.165, 1.54) is 11.3 Å². The van der Waals surface area contributed by atoms with E-state index in [0.29, 0.717) is 21.8 Å². The number of fused-ring (bicyclic) bond motifs is 2. The molecule has 0 fully saturated rings. The number of amides is 1. The van der Waals surface area contributed by atoms with Gasteiger partial charge in [-0.1, -0.05) is 18.2 Å².